The molecule has 11 nitrogen and oxygen atoms in total. The molecular formula is C30H49N5O6. The number of esters is 2. The van der Waals surface area contributed by atoms with E-state index in [1.54, 1.807) is 4.57 Å². The van der Waals surface area contributed by atoms with Gasteiger partial charge in [0.25, 0.3) is 0 Å². The first-order chi connectivity index (χ1) is 20.0. The smallest absolute Gasteiger partial charge is 0.306 e. The zero-order valence-electron chi connectivity index (χ0n) is 24.8. The Bertz CT molecular complexity index is 1060. The third kappa shape index (κ3) is 10.2. The van der Waals surface area contributed by atoms with Crippen LogP contribution in [0.4, 0.5) is 5.82 Å². The highest BCUT2D eigenvalue weighted by atomic mass is 16.6. The fraction of sp³-hybridized carbons (Fsp3) is 0.767. The number of aromatic nitrogens is 4. The van der Waals surface area contributed by atoms with Gasteiger partial charge in [-0.05, 0) is 12.8 Å². The molecule has 0 aromatic carbocycles. The van der Waals surface area contributed by atoms with Crippen LogP contribution in [0.2, 0.25) is 0 Å². The van der Waals surface area contributed by atoms with Crippen molar-refractivity contribution in [1.82, 2.24) is 19.5 Å². The van der Waals surface area contributed by atoms with E-state index >= 15 is 0 Å². The summed E-state index contributed by atoms with van der Waals surface area (Å²) in [7, 11) is 0. The molecule has 0 amide bonds. The Kier molecular flexibility index (Phi) is 14.3. The molecule has 3 N–H and O–H groups in total. The molecule has 1 saturated heterocycles. The molecule has 3 heterocycles. The summed E-state index contributed by atoms with van der Waals surface area (Å²) in [5.74, 6) is -0.541. The minimum atomic E-state index is -1.21. The van der Waals surface area contributed by atoms with E-state index in [-0.39, 0.29) is 24.8 Å². The maximum absolute atomic E-state index is 12.8. The van der Waals surface area contributed by atoms with E-state index in [4.69, 9.17) is 19.9 Å². The summed E-state index contributed by atoms with van der Waals surface area (Å²) in [5, 5.41) is 11.1. The zero-order chi connectivity index (χ0) is 29.5. The second-order valence-electron chi connectivity index (χ2n) is 11.0. The maximum Gasteiger partial charge on any atom is 0.306 e. The number of aliphatic hydroxyl groups excluding tert-OH is 1. The van der Waals surface area contributed by atoms with Gasteiger partial charge in [0.15, 0.2) is 23.8 Å². The third-order valence-corrected chi connectivity index (χ3v) is 7.62. The van der Waals surface area contributed by atoms with Crippen LogP contribution >= 0.6 is 0 Å². The van der Waals surface area contributed by atoms with Crippen LogP contribution in [-0.2, 0) is 23.8 Å². The summed E-state index contributed by atoms with van der Waals surface area (Å²) >= 11 is 0. The number of ether oxygens (including phenoxy) is 3. The molecule has 0 aliphatic carbocycles. The molecule has 11 heteroatoms. The summed E-state index contributed by atoms with van der Waals surface area (Å²) in [6.07, 6.45) is 14.6. The van der Waals surface area contributed by atoms with Crippen molar-refractivity contribution in [3.63, 3.8) is 0 Å². The molecule has 4 atom stereocenters. The largest absolute Gasteiger partial charge is 0.463 e. The molecule has 1 fully saturated rings. The minimum Gasteiger partial charge on any atom is -0.463 e. The van der Waals surface area contributed by atoms with Gasteiger partial charge in [0.05, 0.1) is 6.33 Å². The molecular weight excluding hydrogens is 526 g/mol. The monoisotopic (exact) mass is 575 g/mol. The second kappa shape index (κ2) is 17.9. The molecule has 0 radical (unpaired) electrons. The number of carbonyl (C=O) groups excluding carboxylic acids is 2. The van der Waals surface area contributed by atoms with Crippen LogP contribution in [-0.4, -0.2) is 61.5 Å². The van der Waals surface area contributed by atoms with Crippen LogP contribution in [0.5, 0.6) is 0 Å². The fourth-order valence-corrected chi connectivity index (χ4v) is 5.17. The van der Waals surface area contributed by atoms with Crippen molar-refractivity contribution in [2.45, 2.75) is 141 Å². The average Bonchev–Trinajstić information content (AvgIpc) is 3.52. The number of nitrogens with zero attached hydrogens (tertiary/aromatic N) is 4. The van der Waals surface area contributed by atoms with Crippen molar-refractivity contribution >= 4 is 28.9 Å². The van der Waals surface area contributed by atoms with Crippen molar-refractivity contribution in [3.05, 3.63) is 12.7 Å². The van der Waals surface area contributed by atoms with Gasteiger partial charge in [-0.1, -0.05) is 90.9 Å². The SMILES string of the molecule is CCCCCCCCCC(=O)OC[C@H]1O[C@@H](n2cnc3c(N)ncnc32)[C@H](OC(=O)CCCCCCCCC)[C@@H]1O. The van der Waals surface area contributed by atoms with Crippen LogP contribution in [0.25, 0.3) is 11.2 Å². The van der Waals surface area contributed by atoms with Gasteiger partial charge in [-0.15, -0.1) is 0 Å². The van der Waals surface area contributed by atoms with E-state index in [1.807, 2.05) is 0 Å². The number of nitrogen functional groups attached to an aromatic ring is 1. The number of hydrogen-bond acceptors (Lipinski definition) is 10. The number of aliphatic hydroxyl groups is 1. The molecule has 1 aliphatic rings. The number of imidazole rings is 1. The fourth-order valence-electron chi connectivity index (χ4n) is 5.17. The average molecular weight is 576 g/mol. The summed E-state index contributed by atoms with van der Waals surface area (Å²) in [5.41, 5.74) is 6.71. The summed E-state index contributed by atoms with van der Waals surface area (Å²) < 4.78 is 18.9. The number of carbonyl (C=O) groups is 2. The van der Waals surface area contributed by atoms with Crippen LogP contribution in [0.3, 0.4) is 0 Å². The molecule has 41 heavy (non-hydrogen) atoms. The van der Waals surface area contributed by atoms with Gasteiger partial charge in [-0.3, -0.25) is 14.2 Å². The van der Waals surface area contributed by atoms with Crippen LogP contribution in [0, 0.1) is 0 Å². The normalized spacial score (nSPS) is 20.5. The Balaban J connectivity index is 1.56. The molecule has 1 aliphatic heterocycles. The second-order valence-corrected chi connectivity index (χ2v) is 11.0. The molecule has 3 rings (SSSR count). The maximum atomic E-state index is 12.8. The predicted molar refractivity (Wildman–Crippen MR) is 156 cm³/mol. The molecule has 0 unspecified atom stereocenters. The first-order valence-corrected chi connectivity index (χ1v) is 15.6. The first kappa shape index (κ1) is 32.7. The van der Waals surface area contributed by atoms with E-state index < -0.39 is 30.5 Å². The number of nitrogens with two attached hydrogens (primary N) is 1. The molecule has 230 valence electrons. The Morgan fingerprint density at radius 1 is 0.878 bits per heavy atom. The topological polar surface area (TPSA) is 152 Å². The van der Waals surface area contributed by atoms with Crippen LogP contribution < -0.4 is 5.73 Å². The lowest BCUT2D eigenvalue weighted by Gasteiger charge is -2.22. The van der Waals surface area contributed by atoms with Gasteiger partial charge in [0.1, 0.15) is 30.7 Å². The van der Waals surface area contributed by atoms with Gasteiger partial charge in [-0.2, -0.15) is 0 Å². The molecule has 0 bridgehead atoms. The highest BCUT2D eigenvalue weighted by Crippen LogP contribution is 2.34. The van der Waals surface area contributed by atoms with Gasteiger partial charge in [-0.25, -0.2) is 15.0 Å². The quantitative estimate of drug-likeness (QED) is 0.155. The molecule has 0 saturated carbocycles. The number of fused-ring (bicyclic) bond motifs is 1. The lowest BCUT2D eigenvalue weighted by Crippen LogP contribution is -2.37. The van der Waals surface area contributed by atoms with Gasteiger partial charge < -0.3 is 25.1 Å². The van der Waals surface area contributed by atoms with E-state index in [0.29, 0.717) is 17.6 Å². The summed E-state index contributed by atoms with van der Waals surface area (Å²) in [6, 6.07) is 0. The van der Waals surface area contributed by atoms with Crippen LogP contribution in [0.1, 0.15) is 123 Å². The van der Waals surface area contributed by atoms with Crippen molar-refractivity contribution < 1.29 is 28.9 Å². The first-order valence-electron chi connectivity index (χ1n) is 15.6. The van der Waals surface area contributed by atoms with Gasteiger partial charge in [0, 0.05) is 12.8 Å². The van der Waals surface area contributed by atoms with E-state index in [0.717, 1.165) is 44.9 Å². The van der Waals surface area contributed by atoms with Gasteiger partial charge in [0.2, 0.25) is 0 Å². The Labute approximate surface area is 243 Å². The number of anilines is 1. The highest BCUT2D eigenvalue weighted by molar-refractivity contribution is 5.81. The predicted octanol–water partition coefficient (Wildman–Crippen LogP) is 5.40. The van der Waals surface area contributed by atoms with Crippen molar-refractivity contribution in [2.75, 3.05) is 12.3 Å². The van der Waals surface area contributed by atoms with Crippen molar-refractivity contribution in [1.29, 1.82) is 0 Å². The number of unbranched alkanes of at least 4 members (excludes halogenated alkanes) is 12. The lowest BCUT2D eigenvalue weighted by molar-refractivity contribution is -0.158. The van der Waals surface area contributed by atoms with Crippen molar-refractivity contribution in [3.8, 4) is 0 Å². The third-order valence-electron chi connectivity index (χ3n) is 7.62. The standard InChI is InChI=1S/C30H49N5O6/c1-3-5-7-9-11-13-15-17-23(36)39-19-22-26(38)27(41-24(37)18-16-14-12-10-8-6-4-2)30(40-22)35-21-34-25-28(31)32-20-33-29(25)35/h20-22,26-27,30,38H,3-19H2,1-2H3,(H2,31,32,33)/t22-,26-,27-,30-/m1/s1. The number of rotatable bonds is 20. The molecule has 2 aromatic rings. The number of hydrogen-bond donors (Lipinski definition) is 2. The lowest BCUT2D eigenvalue weighted by atomic mass is 10.1. The van der Waals surface area contributed by atoms with E-state index in [1.165, 1.54) is 57.6 Å². The Morgan fingerprint density at radius 3 is 2.10 bits per heavy atom. The highest BCUT2D eigenvalue weighted by Gasteiger charge is 2.48. The van der Waals surface area contributed by atoms with Crippen molar-refractivity contribution in [2.24, 2.45) is 0 Å². The zero-order valence-corrected chi connectivity index (χ0v) is 24.8. The molecule has 0 spiro atoms. The van der Waals surface area contributed by atoms with Crippen LogP contribution in [0.15, 0.2) is 12.7 Å². The minimum absolute atomic E-state index is 0.150. The summed E-state index contributed by atoms with van der Waals surface area (Å²) in [6.45, 7) is 4.22. The Hall–Kier alpha value is -2.79. The van der Waals surface area contributed by atoms with E-state index in [2.05, 4.69) is 28.8 Å². The molecule has 2 aromatic heterocycles. The van der Waals surface area contributed by atoms with Gasteiger partial charge >= 0.3 is 11.9 Å². The van der Waals surface area contributed by atoms with E-state index in [9.17, 15) is 14.7 Å². The summed E-state index contributed by atoms with van der Waals surface area (Å²) in [4.78, 5) is 37.6. The Morgan fingerprint density at radius 2 is 1.46 bits per heavy atom.